The number of aromatic nitrogens is 3. The van der Waals surface area contributed by atoms with Crippen LogP contribution in [0.15, 0.2) is 59.8 Å². The number of rotatable bonds is 6. The molecule has 1 heterocycles. The second kappa shape index (κ2) is 8.14. The summed E-state index contributed by atoms with van der Waals surface area (Å²) in [6, 6.07) is 16.0. The fourth-order valence-electron chi connectivity index (χ4n) is 6.61. The Hall–Kier alpha value is -2.47. The molecule has 0 spiro atoms. The highest BCUT2D eigenvalue weighted by molar-refractivity contribution is 7.99. The van der Waals surface area contributed by atoms with Crippen LogP contribution in [0.4, 0.5) is 4.39 Å². The Morgan fingerprint density at radius 1 is 0.906 bits per heavy atom. The van der Waals surface area contributed by atoms with Gasteiger partial charge >= 0.3 is 0 Å². The Morgan fingerprint density at radius 3 is 2.22 bits per heavy atom. The van der Waals surface area contributed by atoms with Gasteiger partial charge in [0.2, 0.25) is 0 Å². The van der Waals surface area contributed by atoms with E-state index < -0.39 is 0 Å². The van der Waals surface area contributed by atoms with Crippen LogP contribution in [-0.2, 0) is 0 Å². The van der Waals surface area contributed by atoms with E-state index in [1.165, 1.54) is 56.0 Å². The van der Waals surface area contributed by atoms with Crippen LogP contribution >= 0.6 is 11.8 Å². The summed E-state index contributed by atoms with van der Waals surface area (Å²) in [7, 11) is 0. The van der Waals surface area contributed by atoms with Crippen LogP contribution in [0.3, 0.4) is 0 Å². The molecular weight excluding hydrogens is 421 g/mol. The fourth-order valence-corrected chi connectivity index (χ4v) is 7.46. The monoisotopic (exact) mass is 447 g/mol. The first-order valence-corrected chi connectivity index (χ1v) is 12.6. The minimum Gasteiger partial charge on any atom is -0.293 e. The van der Waals surface area contributed by atoms with E-state index in [2.05, 4.69) is 21.8 Å². The maximum absolute atomic E-state index is 13.2. The highest BCUT2D eigenvalue weighted by Gasteiger charge is 2.50. The zero-order valence-electron chi connectivity index (χ0n) is 17.9. The molecule has 0 unspecified atom stereocenters. The highest BCUT2D eigenvalue weighted by atomic mass is 32.2. The summed E-state index contributed by atoms with van der Waals surface area (Å²) in [6.45, 7) is 0. The van der Waals surface area contributed by atoms with Gasteiger partial charge in [-0.3, -0.25) is 9.36 Å². The Kier molecular flexibility index (Phi) is 5.13. The number of para-hydroxylation sites is 1. The lowest BCUT2D eigenvalue weighted by atomic mass is 9.51. The van der Waals surface area contributed by atoms with Gasteiger partial charge in [-0.25, -0.2) is 4.39 Å². The van der Waals surface area contributed by atoms with E-state index in [0.717, 1.165) is 28.5 Å². The number of nitrogens with zero attached hydrogens (tertiary/aromatic N) is 3. The number of carbonyl (C=O) groups excluding carboxylic acids is 1. The molecule has 4 fully saturated rings. The van der Waals surface area contributed by atoms with Gasteiger partial charge in [0.15, 0.2) is 10.9 Å². The maximum Gasteiger partial charge on any atom is 0.196 e. The summed E-state index contributed by atoms with van der Waals surface area (Å²) in [5, 5.41) is 10.1. The molecule has 0 saturated heterocycles. The number of Topliss-reactive ketones (excluding diaryl/α,β-unsaturated/α-hetero) is 1. The summed E-state index contributed by atoms with van der Waals surface area (Å²) in [4.78, 5) is 12.7. The fraction of sp³-hybridized carbons (Fsp3) is 0.423. The van der Waals surface area contributed by atoms with Crippen molar-refractivity contribution in [2.45, 2.75) is 43.2 Å². The Morgan fingerprint density at radius 2 is 1.56 bits per heavy atom. The van der Waals surface area contributed by atoms with Crippen LogP contribution < -0.4 is 0 Å². The van der Waals surface area contributed by atoms with E-state index >= 15 is 0 Å². The molecule has 4 bridgehead atoms. The zero-order chi connectivity index (χ0) is 21.7. The van der Waals surface area contributed by atoms with Crippen molar-refractivity contribution in [1.29, 1.82) is 0 Å². The molecular formula is C26H26FN3OS. The first-order valence-electron chi connectivity index (χ1n) is 11.6. The van der Waals surface area contributed by atoms with Gasteiger partial charge in [-0.1, -0.05) is 30.0 Å². The van der Waals surface area contributed by atoms with Crippen molar-refractivity contribution in [3.8, 4) is 5.69 Å². The van der Waals surface area contributed by atoms with Crippen LogP contribution in [0.1, 0.15) is 54.2 Å². The molecule has 0 aliphatic heterocycles. The normalized spacial score (nSPS) is 28.2. The minimum atomic E-state index is -0.335. The number of hydrogen-bond acceptors (Lipinski definition) is 4. The van der Waals surface area contributed by atoms with Crippen molar-refractivity contribution in [3.05, 3.63) is 71.8 Å². The standard InChI is InChI=1S/C26H26FN3OS/c27-21-8-6-18(7-9-21)23(31)15-32-26-29-28-25(30(26)22-4-2-1-3-5-22)24-19-11-16-10-17(13-19)14-20(24)12-16/h1-9,16-17,19-20,24H,10-15H2. The van der Waals surface area contributed by atoms with Gasteiger partial charge in [0.1, 0.15) is 11.6 Å². The number of thioether (sulfide) groups is 1. The molecule has 2 aromatic carbocycles. The molecule has 164 valence electrons. The van der Waals surface area contributed by atoms with Gasteiger partial charge < -0.3 is 0 Å². The van der Waals surface area contributed by atoms with Gasteiger partial charge in [-0.15, -0.1) is 10.2 Å². The van der Waals surface area contributed by atoms with Gasteiger partial charge in [0.25, 0.3) is 0 Å². The SMILES string of the molecule is O=C(CSc1nnc(C2C3CC4CC(C3)CC2C4)n1-c1ccccc1)c1ccc(F)cc1. The molecule has 0 N–H and O–H groups in total. The van der Waals surface area contributed by atoms with Gasteiger partial charge in [-0.2, -0.15) is 0 Å². The van der Waals surface area contributed by atoms with Crippen molar-refractivity contribution < 1.29 is 9.18 Å². The van der Waals surface area contributed by atoms with Gasteiger partial charge in [0, 0.05) is 17.2 Å². The van der Waals surface area contributed by atoms with Crippen LogP contribution in [0.25, 0.3) is 5.69 Å². The van der Waals surface area contributed by atoms with Gasteiger partial charge in [0.05, 0.1) is 5.75 Å². The third kappa shape index (κ3) is 3.58. The minimum absolute atomic E-state index is 0.0335. The van der Waals surface area contributed by atoms with Crippen molar-refractivity contribution in [1.82, 2.24) is 14.8 Å². The smallest absolute Gasteiger partial charge is 0.196 e. The quantitative estimate of drug-likeness (QED) is 0.348. The molecule has 7 rings (SSSR count). The molecule has 0 atom stereocenters. The van der Waals surface area contributed by atoms with Crippen molar-refractivity contribution in [3.63, 3.8) is 0 Å². The van der Waals surface area contributed by atoms with E-state index in [4.69, 9.17) is 5.10 Å². The lowest BCUT2D eigenvalue weighted by molar-refractivity contribution is -0.00632. The topological polar surface area (TPSA) is 47.8 Å². The number of carbonyl (C=O) groups is 1. The Labute approximate surface area is 191 Å². The number of hydrogen-bond donors (Lipinski definition) is 0. The van der Waals surface area contributed by atoms with Crippen LogP contribution in [0.5, 0.6) is 0 Å². The predicted molar refractivity (Wildman–Crippen MR) is 123 cm³/mol. The Balaban J connectivity index is 1.31. The number of ketones is 1. The van der Waals surface area contributed by atoms with Crippen molar-refractivity contribution in [2.75, 3.05) is 5.75 Å². The second-order valence-corrected chi connectivity index (χ2v) is 10.6. The molecule has 0 amide bonds. The van der Waals surface area contributed by atoms with Crippen molar-refractivity contribution >= 4 is 17.5 Å². The third-order valence-electron chi connectivity index (χ3n) is 7.70. The second-order valence-electron chi connectivity index (χ2n) is 9.69. The largest absolute Gasteiger partial charge is 0.293 e. The van der Waals surface area contributed by atoms with Crippen LogP contribution in [0, 0.1) is 29.5 Å². The molecule has 3 aromatic rings. The van der Waals surface area contributed by atoms with E-state index in [-0.39, 0.29) is 17.4 Å². The summed E-state index contributed by atoms with van der Waals surface area (Å²) in [5.74, 6) is 4.63. The van der Waals surface area contributed by atoms with E-state index in [1.807, 2.05) is 18.2 Å². The average molecular weight is 448 g/mol. The lowest BCUT2D eigenvalue weighted by Crippen LogP contribution is -2.44. The van der Waals surface area contributed by atoms with Crippen LogP contribution in [0.2, 0.25) is 0 Å². The summed E-state index contributed by atoms with van der Waals surface area (Å²) >= 11 is 1.42. The van der Waals surface area contributed by atoms with E-state index in [0.29, 0.717) is 23.3 Å². The Bertz CT molecular complexity index is 1100. The average Bonchev–Trinajstić information content (AvgIpc) is 3.21. The van der Waals surface area contributed by atoms with Gasteiger partial charge in [-0.05, 0) is 92.2 Å². The summed E-state index contributed by atoms with van der Waals surface area (Å²) < 4.78 is 15.4. The van der Waals surface area contributed by atoms with Crippen LogP contribution in [-0.4, -0.2) is 26.3 Å². The maximum atomic E-state index is 13.2. The molecule has 0 radical (unpaired) electrons. The molecule has 32 heavy (non-hydrogen) atoms. The number of halogens is 1. The summed E-state index contributed by atoms with van der Waals surface area (Å²) in [5.41, 5.74) is 1.57. The highest BCUT2D eigenvalue weighted by Crippen LogP contribution is 2.59. The first-order chi connectivity index (χ1) is 15.7. The van der Waals surface area contributed by atoms with E-state index in [1.54, 1.807) is 12.1 Å². The zero-order valence-corrected chi connectivity index (χ0v) is 18.7. The molecule has 1 aromatic heterocycles. The molecule has 4 nitrogen and oxygen atoms in total. The number of benzene rings is 2. The lowest BCUT2D eigenvalue weighted by Gasteiger charge is -2.54. The molecule has 4 saturated carbocycles. The van der Waals surface area contributed by atoms with Crippen molar-refractivity contribution in [2.24, 2.45) is 23.7 Å². The first kappa shape index (κ1) is 20.2. The molecule has 4 aliphatic rings. The summed E-state index contributed by atoms with van der Waals surface area (Å²) in [6.07, 6.45) is 6.73. The predicted octanol–water partition coefficient (Wildman–Crippen LogP) is 5.92. The molecule has 6 heteroatoms. The third-order valence-corrected chi connectivity index (χ3v) is 8.63. The molecule has 4 aliphatic carbocycles. The van der Waals surface area contributed by atoms with E-state index in [9.17, 15) is 9.18 Å².